The smallest absolute Gasteiger partial charge is 0.203 e. The van der Waals surface area contributed by atoms with Crippen molar-refractivity contribution in [3.05, 3.63) is 44.6 Å². The number of aliphatic hydroxyl groups is 1. The summed E-state index contributed by atoms with van der Waals surface area (Å²) in [5.74, 6) is -1.24. The van der Waals surface area contributed by atoms with Crippen LogP contribution in [0.3, 0.4) is 0 Å². The number of hydrogen-bond acceptors (Lipinski definition) is 4. The highest BCUT2D eigenvalue weighted by Crippen LogP contribution is 2.33. The quantitative estimate of drug-likeness (QED) is 0.382. The number of aliphatic hydroxyl groups excluding tert-OH is 1. The van der Waals surface area contributed by atoms with E-state index in [4.69, 9.17) is 35.4 Å². The van der Waals surface area contributed by atoms with Crippen molar-refractivity contribution >= 4 is 52.1 Å². The second-order valence-corrected chi connectivity index (χ2v) is 7.50. The topological polar surface area (TPSA) is 78.4 Å². The SMILES string of the molecule is CC(C)NC(=S)NCc1ccc(Cl)c(C(=O)C2=C(O)CCCC2=O)c1Cl. The third kappa shape index (κ3) is 4.75. The number of Topliss-reactive ketones (excluding diaryl/α,β-unsaturated/α-hetero) is 2. The lowest BCUT2D eigenvalue weighted by Gasteiger charge is -2.17. The fourth-order valence-electron chi connectivity index (χ4n) is 2.64. The van der Waals surface area contributed by atoms with Crippen molar-refractivity contribution in [1.82, 2.24) is 10.6 Å². The number of rotatable bonds is 5. The number of carbonyl (C=O) groups excluding carboxylic acids is 2. The Bertz CT molecular complexity index is 791. The van der Waals surface area contributed by atoms with E-state index in [1.807, 2.05) is 13.8 Å². The highest BCUT2D eigenvalue weighted by atomic mass is 35.5. The fraction of sp³-hybridized carbons (Fsp3) is 0.389. The van der Waals surface area contributed by atoms with Gasteiger partial charge < -0.3 is 15.7 Å². The molecule has 1 aliphatic carbocycles. The summed E-state index contributed by atoms with van der Waals surface area (Å²) in [5, 5.41) is 16.8. The number of allylic oxidation sites excluding steroid dienone is 2. The van der Waals surface area contributed by atoms with Crippen molar-refractivity contribution in [3.8, 4) is 0 Å². The minimum Gasteiger partial charge on any atom is -0.511 e. The molecular formula is C18H20Cl2N2O3S. The van der Waals surface area contributed by atoms with Crippen molar-refractivity contribution in [1.29, 1.82) is 0 Å². The Morgan fingerprint density at radius 2 is 2.00 bits per heavy atom. The van der Waals surface area contributed by atoms with Crippen LogP contribution in [0.2, 0.25) is 10.0 Å². The summed E-state index contributed by atoms with van der Waals surface area (Å²) >= 11 is 17.7. The maximum Gasteiger partial charge on any atom is 0.203 e. The summed E-state index contributed by atoms with van der Waals surface area (Å²) in [7, 11) is 0. The molecule has 0 heterocycles. The van der Waals surface area contributed by atoms with Gasteiger partial charge in [-0.05, 0) is 44.1 Å². The van der Waals surface area contributed by atoms with Gasteiger partial charge in [-0.25, -0.2) is 0 Å². The van der Waals surface area contributed by atoms with Crippen LogP contribution >= 0.6 is 35.4 Å². The zero-order chi connectivity index (χ0) is 19.4. The van der Waals surface area contributed by atoms with Crippen molar-refractivity contribution in [2.75, 3.05) is 0 Å². The first-order valence-corrected chi connectivity index (χ1v) is 9.40. The molecule has 8 heteroatoms. The van der Waals surface area contributed by atoms with Crippen LogP contribution in [0.25, 0.3) is 0 Å². The van der Waals surface area contributed by atoms with Crippen LogP contribution < -0.4 is 10.6 Å². The van der Waals surface area contributed by atoms with Crippen LogP contribution in [0, 0.1) is 0 Å². The summed E-state index contributed by atoms with van der Waals surface area (Å²) < 4.78 is 0. The molecule has 3 N–H and O–H groups in total. The van der Waals surface area contributed by atoms with Crippen molar-refractivity contribution in [2.24, 2.45) is 0 Å². The van der Waals surface area contributed by atoms with Crippen LogP contribution in [-0.4, -0.2) is 27.8 Å². The molecule has 0 aliphatic heterocycles. The standard InChI is InChI=1S/C18H20Cl2N2O3S/c1-9(2)22-18(26)21-8-10-6-7-11(19)14(16(10)20)17(25)15-12(23)4-3-5-13(15)24/h6-7,9,23H,3-5,8H2,1-2H3,(H2,21,22,26). The monoisotopic (exact) mass is 414 g/mol. The minimum atomic E-state index is -0.646. The first-order chi connectivity index (χ1) is 12.2. The van der Waals surface area contributed by atoms with E-state index in [0.29, 0.717) is 23.5 Å². The molecule has 0 unspecified atom stereocenters. The number of thiocarbonyl (C=S) groups is 1. The van der Waals surface area contributed by atoms with Gasteiger partial charge in [0.1, 0.15) is 11.3 Å². The molecule has 0 fully saturated rings. The maximum atomic E-state index is 12.8. The molecule has 140 valence electrons. The van der Waals surface area contributed by atoms with Gasteiger partial charge in [0.2, 0.25) is 5.78 Å². The Labute approximate surface area is 167 Å². The Morgan fingerprint density at radius 3 is 2.62 bits per heavy atom. The van der Waals surface area contributed by atoms with E-state index in [1.165, 1.54) is 0 Å². The zero-order valence-electron chi connectivity index (χ0n) is 14.5. The number of ketones is 2. The lowest BCUT2D eigenvalue weighted by molar-refractivity contribution is -0.116. The van der Waals surface area contributed by atoms with E-state index in [1.54, 1.807) is 12.1 Å². The molecule has 0 saturated carbocycles. The molecule has 5 nitrogen and oxygen atoms in total. The minimum absolute atomic E-state index is 0.0205. The van der Waals surface area contributed by atoms with Crippen molar-refractivity contribution < 1.29 is 14.7 Å². The fourth-order valence-corrected chi connectivity index (χ4v) is 3.56. The molecule has 0 atom stereocenters. The van der Waals surface area contributed by atoms with Crippen LogP contribution in [0.4, 0.5) is 0 Å². The highest BCUT2D eigenvalue weighted by Gasteiger charge is 2.30. The first kappa shape index (κ1) is 20.7. The normalized spacial score (nSPS) is 14.6. The van der Waals surface area contributed by atoms with Crippen molar-refractivity contribution in [3.63, 3.8) is 0 Å². The molecule has 0 radical (unpaired) electrons. The van der Waals surface area contributed by atoms with Crippen LogP contribution in [0.15, 0.2) is 23.5 Å². The van der Waals surface area contributed by atoms with Crippen LogP contribution in [0.5, 0.6) is 0 Å². The average molecular weight is 415 g/mol. The number of hydrogen-bond donors (Lipinski definition) is 3. The van der Waals surface area contributed by atoms with E-state index in [9.17, 15) is 14.7 Å². The highest BCUT2D eigenvalue weighted by molar-refractivity contribution is 7.80. The zero-order valence-corrected chi connectivity index (χ0v) is 16.8. The van der Waals surface area contributed by atoms with Gasteiger partial charge in [0.05, 0.1) is 15.6 Å². The van der Waals surface area contributed by atoms with Gasteiger partial charge in [0.25, 0.3) is 0 Å². The van der Waals surface area contributed by atoms with Gasteiger partial charge in [-0.15, -0.1) is 0 Å². The summed E-state index contributed by atoms with van der Waals surface area (Å²) in [5.41, 5.74) is 0.407. The second kappa shape index (κ2) is 8.84. The summed E-state index contributed by atoms with van der Waals surface area (Å²) in [6, 6.07) is 3.41. The molecule has 0 aromatic heterocycles. The lowest BCUT2D eigenvalue weighted by Crippen LogP contribution is -2.38. The number of benzene rings is 1. The van der Waals surface area contributed by atoms with Gasteiger partial charge in [0, 0.05) is 25.4 Å². The molecule has 1 aromatic carbocycles. The first-order valence-electron chi connectivity index (χ1n) is 8.23. The predicted octanol–water partition coefficient (Wildman–Crippen LogP) is 4.11. The Hall–Kier alpha value is -1.63. The third-order valence-corrected chi connectivity index (χ3v) is 4.88. The summed E-state index contributed by atoms with van der Waals surface area (Å²) in [4.78, 5) is 24.9. The molecule has 1 aromatic rings. The van der Waals surface area contributed by atoms with Gasteiger partial charge in [-0.1, -0.05) is 29.3 Å². The molecule has 1 aliphatic rings. The van der Waals surface area contributed by atoms with E-state index < -0.39 is 11.6 Å². The molecule has 0 saturated heterocycles. The lowest BCUT2D eigenvalue weighted by atomic mass is 9.90. The maximum absolute atomic E-state index is 12.8. The van der Waals surface area contributed by atoms with Gasteiger partial charge >= 0.3 is 0 Å². The molecule has 0 bridgehead atoms. The van der Waals surface area contributed by atoms with E-state index in [2.05, 4.69) is 10.6 Å². The summed E-state index contributed by atoms with van der Waals surface area (Å²) in [6.45, 7) is 4.20. The van der Waals surface area contributed by atoms with Gasteiger partial charge in [-0.3, -0.25) is 9.59 Å². The third-order valence-electron chi connectivity index (χ3n) is 3.87. The Kier molecular flexibility index (Phi) is 7.03. The Morgan fingerprint density at radius 1 is 1.31 bits per heavy atom. The summed E-state index contributed by atoms with van der Waals surface area (Å²) in [6.07, 6.45) is 1.03. The number of halogens is 2. The van der Waals surface area contributed by atoms with E-state index in [-0.39, 0.29) is 45.9 Å². The van der Waals surface area contributed by atoms with Gasteiger partial charge in [-0.2, -0.15) is 0 Å². The molecule has 2 rings (SSSR count). The molecule has 26 heavy (non-hydrogen) atoms. The van der Waals surface area contributed by atoms with Crippen LogP contribution in [-0.2, 0) is 11.3 Å². The molecule has 0 spiro atoms. The van der Waals surface area contributed by atoms with Crippen molar-refractivity contribution in [2.45, 2.75) is 45.7 Å². The Balaban J connectivity index is 2.31. The number of nitrogens with one attached hydrogen (secondary N) is 2. The largest absolute Gasteiger partial charge is 0.511 e. The average Bonchev–Trinajstić information content (AvgIpc) is 2.53. The number of carbonyl (C=O) groups is 2. The molecular weight excluding hydrogens is 395 g/mol. The predicted molar refractivity (Wildman–Crippen MR) is 107 cm³/mol. The van der Waals surface area contributed by atoms with E-state index >= 15 is 0 Å². The van der Waals surface area contributed by atoms with E-state index in [0.717, 1.165) is 0 Å². The molecule has 0 amide bonds. The van der Waals surface area contributed by atoms with Crippen LogP contribution in [0.1, 0.15) is 49.0 Å². The van der Waals surface area contributed by atoms with Gasteiger partial charge in [0.15, 0.2) is 10.9 Å². The second-order valence-electron chi connectivity index (χ2n) is 6.30.